The highest BCUT2D eigenvalue weighted by molar-refractivity contribution is 6.39. The lowest BCUT2D eigenvalue weighted by Crippen LogP contribution is -2.55. The fraction of sp³-hybridized carbons (Fsp3) is 0.375. The molecular weight excluding hydrogens is 590 g/mol. The van der Waals surface area contributed by atoms with Crippen LogP contribution in [0.3, 0.4) is 0 Å². The Morgan fingerprint density at radius 1 is 1.05 bits per heavy atom. The van der Waals surface area contributed by atoms with E-state index in [2.05, 4.69) is 10.1 Å². The van der Waals surface area contributed by atoms with Crippen LogP contribution in [0.2, 0.25) is 20.1 Å². The quantitative estimate of drug-likeness (QED) is 0.492. The van der Waals surface area contributed by atoms with E-state index in [4.69, 9.17) is 46.4 Å². The van der Waals surface area contributed by atoms with Crippen molar-refractivity contribution in [3.63, 3.8) is 0 Å². The largest absolute Gasteiger partial charge is 0.432 e. The minimum absolute atomic E-state index is 0.0134. The Hall–Kier alpha value is -2.21. The summed E-state index contributed by atoms with van der Waals surface area (Å²) in [5.74, 6) is -4.68. The fourth-order valence-corrected chi connectivity index (χ4v) is 7.68. The highest BCUT2D eigenvalue weighted by Crippen LogP contribution is 2.63. The number of fused-ring (bicyclic) bond motifs is 7. The number of aliphatic hydroxyl groups is 1. The number of amides is 3. The van der Waals surface area contributed by atoms with Gasteiger partial charge in [0.25, 0.3) is 5.91 Å². The number of ether oxygens (including phenoxy) is 1. The van der Waals surface area contributed by atoms with E-state index in [9.17, 15) is 28.3 Å². The zero-order chi connectivity index (χ0) is 27.5. The first-order valence-electron chi connectivity index (χ1n) is 11.4. The van der Waals surface area contributed by atoms with Crippen molar-refractivity contribution >= 4 is 75.5 Å². The van der Waals surface area contributed by atoms with Crippen LogP contribution in [-0.2, 0) is 19.9 Å². The van der Waals surface area contributed by atoms with Gasteiger partial charge in [-0.05, 0) is 37.6 Å². The van der Waals surface area contributed by atoms with Crippen molar-refractivity contribution in [3.8, 4) is 5.75 Å². The minimum Gasteiger partial charge on any atom is -0.432 e. The van der Waals surface area contributed by atoms with Gasteiger partial charge in [0, 0.05) is 23.2 Å². The summed E-state index contributed by atoms with van der Waals surface area (Å²) < 4.78 is 29.9. The molecule has 2 aromatic rings. The van der Waals surface area contributed by atoms with Gasteiger partial charge in [0.15, 0.2) is 5.75 Å². The van der Waals surface area contributed by atoms with Gasteiger partial charge in [-0.3, -0.25) is 19.3 Å². The summed E-state index contributed by atoms with van der Waals surface area (Å²) in [5.41, 5.74) is -2.42. The van der Waals surface area contributed by atoms with Crippen LogP contribution in [0, 0.1) is 11.8 Å². The van der Waals surface area contributed by atoms with Crippen molar-refractivity contribution in [2.75, 3.05) is 16.8 Å². The third-order valence-electron chi connectivity index (χ3n) is 7.73. The molecule has 2 N–H and O–H groups in total. The van der Waals surface area contributed by atoms with Gasteiger partial charge in [-0.1, -0.05) is 46.4 Å². The summed E-state index contributed by atoms with van der Waals surface area (Å²) in [6.45, 7) is -1.60. The van der Waals surface area contributed by atoms with Crippen molar-refractivity contribution in [2.24, 2.45) is 11.8 Å². The van der Waals surface area contributed by atoms with Gasteiger partial charge >= 0.3 is 6.61 Å². The molecule has 0 aliphatic carbocycles. The maximum absolute atomic E-state index is 14.1. The second-order valence-corrected chi connectivity index (χ2v) is 11.7. The Balaban J connectivity index is 1.53. The number of alkyl halides is 2. The molecule has 1 spiro atoms. The zero-order valence-electron chi connectivity index (χ0n) is 19.3. The van der Waals surface area contributed by atoms with Crippen molar-refractivity contribution < 1.29 is 33.0 Å². The number of anilines is 2. The molecule has 0 aromatic heterocycles. The fourth-order valence-electron chi connectivity index (χ4n) is 6.57. The molecule has 0 saturated carbocycles. The van der Waals surface area contributed by atoms with E-state index in [1.165, 1.54) is 12.1 Å². The normalized spacial score (nSPS) is 31.9. The number of hydrogen-bond donors (Lipinski definition) is 2. The smallest absolute Gasteiger partial charge is 0.387 e. The molecule has 3 fully saturated rings. The lowest BCUT2D eigenvalue weighted by atomic mass is 9.74. The summed E-state index contributed by atoms with van der Waals surface area (Å²) >= 11 is 24.9. The van der Waals surface area contributed by atoms with Crippen LogP contribution in [0.1, 0.15) is 18.9 Å². The minimum atomic E-state index is -3.20. The zero-order valence-corrected chi connectivity index (χ0v) is 22.3. The third-order valence-corrected chi connectivity index (χ3v) is 8.81. The Labute approximate surface area is 234 Å². The van der Waals surface area contributed by atoms with E-state index in [1.54, 1.807) is 11.8 Å². The molecule has 2 aromatic carbocycles. The summed E-state index contributed by atoms with van der Waals surface area (Å²) in [7, 11) is 0. The van der Waals surface area contributed by atoms with E-state index in [0.29, 0.717) is 5.56 Å². The Morgan fingerprint density at radius 3 is 2.34 bits per heavy atom. The standard InChI is InChI=1S/C24H17Cl4F2N3O5/c1-23(37)6-14-15-16(24(32(14)7-23)10-2-8(25)3-11(26)17(10)31-21(24)36)20(35)33(19(15)34)9-4-12(27)18(13(28)5-9)38-22(29)30/h2-5,14-16,22,37H,6-7H2,1H3,(H,31,36)/t14?,15?,16?,23-,24?/m0/s1. The van der Waals surface area contributed by atoms with Crippen LogP contribution in [0.5, 0.6) is 5.75 Å². The van der Waals surface area contributed by atoms with Gasteiger partial charge in [-0.2, -0.15) is 8.78 Å². The molecule has 3 saturated heterocycles. The summed E-state index contributed by atoms with van der Waals surface area (Å²) in [6, 6.07) is 4.53. The number of imide groups is 1. The first-order chi connectivity index (χ1) is 17.8. The van der Waals surface area contributed by atoms with E-state index in [0.717, 1.165) is 17.0 Å². The van der Waals surface area contributed by atoms with Crippen LogP contribution in [0.15, 0.2) is 24.3 Å². The van der Waals surface area contributed by atoms with Crippen LogP contribution < -0.4 is 15.0 Å². The second-order valence-electron chi connectivity index (χ2n) is 10.1. The van der Waals surface area contributed by atoms with Crippen molar-refractivity contribution in [2.45, 2.75) is 37.1 Å². The Kier molecular flexibility index (Phi) is 5.75. The number of carbonyl (C=O) groups is 3. The molecular formula is C24H17Cl4F2N3O5. The monoisotopic (exact) mass is 605 g/mol. The van der Waals surface area contributed by atoms with Crippen LogP contribution in [0.25, 0.3) is 0 Å². The lowest BCUT2D eigenvalue weighted by Gasteiger charge is -2.37. The molecule has 0 radical (unpaired) electrons. The van der Waals surface area contributed by atoms with Crippen LogP contribution >= 0.6 is 46.4 Å². The molecule has 4 aliphatic rings. The highest BCUT2D eigenvalue weighted by Gasteiger charge is 2.76. The van der Waals surface area contributed by atoms with Crippen LogP contribution in [-0.4, -0.2) is 52.5 Å². The van der Waals surface area contributed by atoms with Crippen molar-refractivity contribution in [1.29, 1.82) is 0 Å². The molecule has 4 unspecified atom stereocenters. The number of hydrogen-bond acceptors (Lipinski definition) is 6. The Bertz CT molecular complexity index is 1430. The van der Waals surface area contributed by atoms with E-state index in [-0.39, 0.29) is 44.4 Å². The third kappa shape index (κ3) is 3.37. The molecule has 5 atom stereocenters. The lowest BCUT2D eigenvalue weighted by molar-refractivity contribution is -0.136. The maximum Gasteiger partial charge on any atom is 0.387 e. The van der Waals surface area contributed by atoms with Crippen molar-refractivity contribution in [1.82, 2.24) is 4.90 Å². The topological polar surface area (TPSA) is 99.2 Å². The predicted octanol–water partition coefficient (Wildman–Crippen LogP) is 4.69. The highest BCUT2D eigenvalue weighted by atomic mass is 35.5. The molecule has 4 heterocycles. The number of halogens is 6. The van der Waals surface area contributed by atoms with Gasteiger partial charge in [-0.25, -0.2) is 4.90 Å². The van der Waals surface area contributed by atoms with Gasteiger partial charge in [0.2, 0.25) is 11.8 Å². The molecule has 4 aliphatic heterocycles. The van der Waals surface area contributed by atoms with E-state index < -0.39 is 59.1 Å². The van der Waals surface area contributed by atoms with Gasteiger partial charge in [-0.15, -0.1) is 0 Å². The maximum atomic E-state index is 14.1. The number of rotatable bonds is 3. The van der Waals surface area contributed by atoms with Gasteiger partial charge in [0.05, 0.1) is 43.9 Å². The van der Waals surface area contributed by atoms with E-state index >= 15 is 0 Å². The SMILES string of the molecule is C[C@]1(O)CC2C3C(=O)N(c4cc(Cl)c(OC(F)F)c(Cl)c4)C(=O)C3C3(C(=O)Nc4c(Cl)cc(Cl)cc43)N2C1. The van der Waals surface area contributed by atoms with Gasteiger partial charge < -0.3 is 15.2 Å². The summed E-state index contributed by atoms with van der Waals surface area (Å²) in [4.78, 5) is 44.4. The molecule has 0 bridgehead atoms. The number of nitrogens with one attached hydrogen (secondary N) is 1. The molecule has 14 heteroatoms. The first kappa shape index (κ1) is 26.0. The van der Waals surface area contributed by atoms with Gasteiger partial charge in [0.1, 0.15) is 5.54 Å². The molecule has 8 nitrogen and oxygen atoms in total. The van der Waals surface area contributed by atoms with E-state index in [1.807, 2.05) is 0 Å². The molecule has 3 amide bonds. The summed E-state index contributed by atoms with van der Waals surface area (Å²) in [5, 5.41) is 13.4. The van der Waals surface area contributed by atoms with Crippen molar-refractivity contribution in [3.05, 3.63) is 49.9 Å². The first-order valence-corrected chi connectivity index (χ1v) is 12.9. The molecule has 38 heavy (non-hydrogen) atoms. The average Bonchev–Trinajstić information content (AvgIpc) is 3.44. The number of benzene rings is 2. The Morgan fingerprint density at radius 2 is 1.71 bits per heavy atom. The molecule has 200 valence electrons. The summed E-state index contributed by atoms with van der Waals surface area (Å²) in [6.07, 6.45) is 0.113. The number of nitrogens with zero attached hydrogens (tertiary/aromatic N) is 2. The predicted molar refractivity (Wildman–Crippen MR) is 135 cm³/mol. The average molecular weight is 607 g/mol. The van der Waals surface area contributed by atoms with Crippen LogP contribution in [0.4, 0.5) is 20.2 Å². The number of carbonyl (C=O) groups excluding carboxylic acids is 3. The molecule has 6 rings (SSSR count). The second kappa shape index (κ2) is 8.39.